The Morgan fingerprint density at radius 2 is 1.77 bits per heavy atom. The highest BCUT2D eigenvalue weighted by atomic mass is 35.5. The number of ether oxygens (including phenoxy) is 2. The van der Waals surface area contributed by atoms with Crippen LogP contribution in [0.5, 0.6) is 11.5 Å². The van der Waals surface area contributed by atoms with Crippen molar-refractivity contribution in [1.29, 1.82) is 5.26 Å². The first-order valence-corrected chi connectivity index (χ1v) is 11.8. The predicted molar refractivity (Wildman–Crippen MR) is 129 cm³/mol. The zero-order valence-corrected chi connectivity index (χ0v) is 18.9. The number of aromatic nitrogens is 1. The fraction of sp³-hybridized carbons (Fsp3) is 0.167. The van der Waals surface area contributed by atoms with Crippen molar-refractivity contribution in [3.63, 3.8) is 0 Å². The van der Waals surface area contributed by atoms with E-state index in [1.807, 2.05) is 56.3 Å². The number of nitrogens with one attached hydrogen (secondary N) is 1. The molecule has 0 saturated carbocycles. The highest BCUT2D eigenvalue weighted by Crippen LogP contribution is 2.46. The molecule has 0 bridgehead atoms. The topological polar surface area (TPSA) is 67.2 Å². The molecule has 2 heterocycles. The van der Waals surface area contributed by atoms with Crippen molar-refractivity contribution in [2.75, 3.05) is 18.5 Å². The summed E-state index contributed by atoms with van der Waals surface area (Å²) >= 11 is 6.58. The molecule has 5 nitrogen and oxygen atoms in total. The summed E-state index contributed by atoms with van der Waals surface area (Å²) in [5.74, 6) is 1.25. The quantitative estimate of drug-likeness (QED) is 0.391. The molecule has 31 heavy (non-hydrogen) atoms. The molecule has 1 aromatic heterocycles. The number of hydrogen-bond donors (Lipinski definition) is 2. The number of hydrogen-bond acceptors (Lipinski definition) is 5. The SMILES string of the molecule is CCOc1cc2ncc(C#N)c(Nc3ccc([SH]4C=CC=C4)c(Cl)c3)c2cc1OCC. The maximum Gasteiger partial charge on any atom is 0.163 e. The third-order valence-electron chi connectivity index (χ3n) is 4.75. The lowest BCUT2D eigenvalue weighted by Crippen LogP contribution is -2.01. The van der Waals surface area contributed by atoms with E-state index in [-0.39, 0.29) is 0 Å². The molecule has 1 N–H and O–H groups in total. The third-order valence-corrected chi connectivity index (χ3v) is 7.13. The molecule has 3 aromatic rings. The minimum atomic E-state index is -0.500. The van der Waals surface area contributed by atoms with Crippen LogP contribution in [-0.2, 0) is 0 Å². The number of allylic oxidation sites excluding steroid dienone is 2. The van der Waals surface area contributed by atoms with Crippen LogP contribution < -0.4 is 14.8 Å². The largest absolute Gasteiger partial charge is 0.490 e. The minimum Gasteiger partial charge on any atom is -0.490 e. The van der Waals surface area contributed by atoms with Crippen molar-refractivity contribution in [2.24, 2.45) is 0 Å². The molecule has 0 radical (unpaired) electrons. The number of anilines is 2. The molecule has 4 rings (SSSR count). The lowest BCUT2D eigenvalue weighted by Gasteiger charge is -2.17. The smallest absolute Gasteiger partial charge is 0.163 e. The second kappa shape index (κ2) is 9.34. The Kier molecular flexibility index (Phi) is 6.36. The van der Waals surface area contributed by atoms with Crippen molar-refractivity contribution in [3.05, 3.63) is 70.1 Å². The lowest BCUT2D eigenvalue weighted by atomic mass is 10.1. The van der Waals surface area contributed by atoms with Crippen LogP contribution in [-0.4, -0.2) is 18.2 Å². The summed E-state index contributed by atoms with van der Waals surface area (Å²) in [5, 5.41) is 18.9. The van der Waals surface area contributed by atoms with Crippen LogP contribution in [0.25, 0.3) is 10.9 Å². The van der Waals surface area contributed by atoms with Gasteiger partial charge in [0, 0.05) is 28.2 Å². The molecule has 0 fully saturated rings. The van der Waals surface area contributed by atoms with Gasteiger partial charge in [-0.3, -0.25) is 4.98 Å². The van der Waals surface area contributed by atoms with E-state index in [1.165, 1.54) is 0 Å². The van der Waals surface area contributed by atoms with Crippen molar-refractivity contribution in [2.45, 2.75) is 18.7 Å². The van der Waals surface area contributed by atoms with Crippen LogP contribution in [0.15, 0.2) is 64.4 Å². The maximum atomic E-state index is 9.69. The molecular weight excluding hydrogens is 430 g/mol. The van der Waals surface area contributed by atoms with E-state index in [1.54, 1.807) is 6.20 Å². The van der Waals surface area contributed by atoms with Gasteiger partial charge in [0.15, 0.2) is 11.5 Å². The number of benzene rings is 2. The van der Waals surface area contributed by atoms with Crippen molar-refractivity contribution in [3.8, 4) is 17.6 Å². The summed E-state index contributed by atoms with van der Waals surface area (Å²) in [6.45, 7) is 4.86. The molecule has 0 amide bonds. The summed E-state index contributed by atoms with van der Waals surface area (Å²) in [5.41, 5.74) is 2.60. The summed E-state index contributed by atoms with van der Waals surface area (Å²) in [6.07, 6.45) is 5.65. The van der Waals surface area contributed by atoms with Crippen LogP contribution in [0.2, 0.25) is 5.02 Å². The number of nitriles is 1. The zero-order valence-electron chi connectivity index (χ0n) is 17.2. The predicted octanol–water partition coefficient (Wildman–Crippen LogP) is 6.70. The average molecular weight is 452 g/mol. The molecule has 0 spiro atoms. The van der Waals surface area contributed by atoms with Gasteiger partial charge >= 0.3 is 0 Å². The molecule has 7 heteroatoms. The zero-order chi connectivity index (χ0) is 21.8. The van der Waals surface area contributed by atoms with Gasteiger partial charge in [0.2, 0.25) is 0 Å². The molecule has 0 atom stereocenters. The van der Waals surface area contributed by atoms with Gasteiger partial charge in [-0.15, -0.1) is 0 Å². The van der Waals surface area contributed by atoms with E-state index < -0.39 is 10.9 Å². The standard InChI is InChI=1S/C24H22ClN3O2S/c1-3-29-21-12-18-20(13-22(21)30-4-2)27-15-16(14-26)24(18)28-17-7-8-23(19(25)11-17)31-9-5-6-10-31/h5-13,15,31H,3-4H2,1-2H3,(H,27,28). The third kappa shape index (κ3) is 4.34. The molecule has 1 aliphatic heterocycles. The minimum absolute atomic E-state index is 0.436. The van der Waals surface area contributed by atoms with Gasteiger partial charge < -0.3 is 14.8 Å². The van der Waals surface area contributed by atoms with Crippen LogP contribution in [0.1, 0.15) is 19.4 Å². The van der Waals surface area contributed by atoms with Crippen LogP contribution in [0, 0.1) is 11.3 Å². The normalized spacial score (nSPS) is 13.4. The van der Waals surface area contributed by atoms with Gasteiger partial charge in [-0.25, -0.2) is 0 Å². The Hall–Kier alpha value is -3.14. The summed E-state index contributed by atoms with van der Waals surface area (Å²) in [4.78, 5) is 5.55. The fourth-order valence-corrected chi connectivity index (χ4v) is 5.41. The molecule has 158 valence electrons. The van der Waals surface area contributed by atoms with Gasteiger partial charge in [0.1, 0.15) is 6.07 Å². The Bertz CT molecular complexity index is 1220. The summed E-state index contributed by atoms with van der Waals surface area (Å²) < 4.78 is 11.5. The molecular formula is C24H22ClN3O2S. The highest BCUT2D eigenvalue weighted by molar-refractivity contribution is 8.22. The van der Waals surface area contributed by atoms with E-state index in [2.05, 4.69) is 27.2 Å². The van der Waals surface area contributed by atoms with E-state index in [0.717, 1.165) is 16.0 Å². The van der Waals surface area contributed by atoms with Crippen molar-refractivity contribution in [1.82, 2.24) is 4.98 Å². The molecule has 1 aliphatic rings. The fourth-order valence-electron chi connectivity index (χ4n) is 3.39. The number of halogens is 1. The summed E-state index contributed by atoms with van der Waals surface area (Å²) in [7, 11) is -0.500. The second-order valence-electron chi connectivity index (χ2n) is 6.72. The molecule has 2 aromatic carbocycles. The number of thiol groups is 1. The van der Waals surface area contributed by atoms with Gasteiger partial charge in [-0.1, -0.05) is 23.8 Å². The first-order valence-electron chi connectivity index (χ1n) is 9.97. The number of fused-ring (bicyclic) bond motifs is 1. The van der Waals surface area contributed by atoms with Crippen LogP contribution >= 0.6 is 22.5 Å². The average Bonchev–Trinajstić information content (AvgIpc) is 3.30. The van der Waals surface area contributed by atoms with E-state index >= 15 is 0 Å². The van der Waals surface area contributed by atoms with E-state index in [0.29, 0.717) is 46.5 Å². The Morgan fingerprint density at radius 1 is 1.06 bits per heavy atom. The van der Waals surface area contributed by atoms with E-state index in [4.69, 9.17) is 21.1 Å². The number of nitrogens with zero attached hydrogens (tertiary/aromatic N) is 2. The van der Waals surface area contributed by atoms with E-state index in [9.17, 15) is 5.26 Å². The number of pyridine rings is 1. The Morgan fingerprint density at radius 3 is 2.42 bits per heavy atom. The maximum absolute atomic E-state index is 9.69. The Balaban J connectivity index is 1.78. The first kappa shape index (κ1) is 21.1. The van der Waals surface area contributed by atoms with Gasteiger partial charge in [-0.2, -0.15) is 16.2 Å². The molecule has 0 unspecified atom stereocenters. The molecule has 0 saturated heterocycles. The van der Waals surface area contributed by atoms with Gasteiger partial charge in [0.05, 0.1) is 35.0 Å². The second-order valence-corrected chi connectivity index (χ2v) is 9.02. The van der Waals surface area contributed by atoms with Gasteiger partial charge in [0.25, 0.3) is 0 Å². The lowest BCUT2D eigenvalue weighted by molar-refractivity contribution is 0.288. The van der Waals surface area contributed by atoms with Crippen LogP contribution in [0.4, 0.5) is 11.4 Å². The Labute approximate surface area is 189 Å². The highest BCUT2D eigenvalue weighted by Gasteiger charge is 2.16. The monoisotopic (exact) mass is 451 g/mol. The number of rotatable bonds is 7. The summed E-state index contributed by atoms with van der Waals surface area (Å²) in [6, 6.07) is 11.8. The van der Waals surface area contributed by atoms with Crippen LogP contribution in [0.3, 0.4) is 0 Å². The van der Waals surface area contributed by atoms with Crippen molar-refractivity contribution < 1.29 is 9.47 Å². The van der Waals surface area contributed by atoms with Gasteiger partial charge in [-0.05, 0) is 48.9 Å². The van der Waals surface area contributed by atoms with Crippen molar-refractivity contribution >= 4 is 44.8 Å². The first-order chi connectivity index (χ1) is 15.1. The molecule has 0 aliphatic carbocycles.